The molecular weight excluding hydrogens is 216 g/mol. The fourth-order valence-corrected chi connectivity index (χ4v) is 4.66. The van der Waals surface area contributed by atoms with Gasteiger partial charge in [0.25, 0.3) is 0 Å². The third-order valence-corrected chi connectivity index (χ3v) is 5.25. The molecule has 0 heterocycles. The number of carbonyl (C=O) groups excluding carboxylic acids is 1. The van der Waals surface area contributed by atoms with Crippen molar-refractivity contribution in [3.63, 3.8) is 0 Å². The summed E-state index contributed by atoms with van der Waals surface area (Å²) in [5.41, 5.74) is 1.23. The van der Waals surface area contributed by atoms with E-state index in [9.17, 15) is 4.79 Å². The van der Waals surface area contributed by atoms with E-state index in [0.717, 1.165) is 19.3 Å². The van der Waals surface area contributed by atoms with Gasteiger partial charge in [0, 0.05) is 38.4 Å². The number of methoxy groups -OCH3 is 2. The fourth-order valence-electron chi connectivity index (χ4n) is 4.66. The Hall–Kier alpha value is -0.670. The maximum atomic E-state index is 12.1. The van der Waals surface area contributed by atoms with Crippen molar-refractivity contribution in [2.24, 2.45) is 23.7 Å². The summed E-state index contributed by atoms with van der Waals surface area (Å²) in [7, 11) is 3.43. The van der Waals surface area contributed by atoms with Gasteiger partial charge in [0.15, 0.2) is 5.79 Å². The van der Waals surface area contributed by atoms with Crippen molar-refractivity contribution in [2.75, 3.05) is 14.2 Å². The summed E-state index contributed by atoms with van der Waals surface area (Å²) in [6.07, 6.45) is 3.65. The van der Waals surface area contributed by atoms with Gasteiger partial charge in [-0.1, -0.05) is 12.2 Å². The Morgan fingerprint density at radius 2 is 1.71 bits per heavy atom. The predicted octanol–water partition coefficient (Wildman–Crippen LogP) is 2.17. The Labute approximate surface area is 102 Å². The lowest BCUT2D eigenvalue weighted by Crippen LogP contribution is -2.44. The molecule has 3 aliphatic carbocycles. The third-order valence-electron chi connectivity index (χ3n) is 5.25. The molecule has 0 aromatic rings. The zero-order chi connectivity index (χ0) is 12.2. The second-order valence-corrected chi connectivity index (χ2v) is 5.60. The third kappa shape index (κ3) is 1.22. The highest BCUT2D eigenvalue weighted by atomic mass is 16.7. The summed E-state index contributed by atoms with van der Waals surface area (Å²) in [5, 5.41) is 0. The molecule has 3 nitrogen and oxygen atoms in total. The number of carbonyl (C=O) groups is 1. The van der Waals surface area contributed by atoms with E-state index < -0.39 is 5.79 Å². The number of fused-ring (bicyclic) bond motifs is 3. The standard InChI is InChI=1S/C14H20O3/c1-8-4-5-9-12(8)13-10(6-7-11(13)15)14(9,16-2)17-3/h9-10,12-13H,1,4-7H2,2-3H3/t9-,10-,12+,13-/m0/s1. The molecule has 0 saturated heterocycles. The highest BCUT2D eigenvalue weighted by Crippen LogP contribution is 2.62. The molecule has 3 saturated carbocycles. The van der Waals surface area contributed by atoms with Crippen molar-refractivity contribution in [2.45, 2.75) is 31.5 Å². The minimum atomic E-state index is -0.541. The molecular formula is C14H20O3. The van der Waals surface area contributed by atoms with Crippen molar-refractivity contribution in [1.82, 2.24) is 0 Å². The largest absolute Gasteiger partial charge is 0.353 e. The SMILES string of the molecule is C=C1CC[C@H]2[C@@H]1[C@@H]1C(=O)CC[C@@H]1C2(OC)OC. The maximum Gasteiger partial charge on any atom is 0.174 e. The van der Waals surface area contributed by atoms with Crippen LogP contribution in [-0.4, -0.2) is 25.8 Å². The molecule has 3 aliphatic rings. The topological polar surface area (TPSA) is 35.5 Å². The lowest BCUT2D eigenvalue weighted by molar-refractivity contribution is -0.254. The second-order valence-electron chi connectivity index (χ2n) is 5.60. The summed E-state index contributed by atoms with van der Waals surface area (Å²) in [5.74, 6) is 0.816. The average Bonchev–Trinajstić information content (AvgIpc) is 2.94. The first-order chi connectivity index (χ1) is 8.15. The van der Waals surface area contributed by atoms with Gasteiger partial charge < -0.3 is 9.47 Å². The second kappa shape index (κ2) is 3.66. The van der Waals surface area contributed by atoms with Crippen LogP contribution in [-0.2, 0) is 14.3 Å². The van der Waals surface area contributed by atoms with Gasteiger partial charge in [-0.3, -0.25) is 4.79 Å². The lowest BCUT2D eigenvalue weighted by Gasteiger charge is -2.36. The number of Topliss-reactive ketones (excluding diaryl/α,β-unsaturated/α-hetero) is 1. The molecule has 17 heavy (non-hydrogen) atoms. The van der Waals surface area contributed by atoms with E-state index in [2.05, 4.69) is 6.58 Å². The van der Waals surface area contributed by atoms with Crippen molar-refractivity contribution >= 4 is 5.78 Å². The van der Waals surface area contributed by atoms with Crippen molar-refractivity contribution in [3.05, 3.63) is 12.2 Å². The smallest absolute Gasteiger partial charge is 0.174 e. The predicted molar refractivity (Wildman–Crippen MR) is 63.3 cm³/mol. The quantitative estimate of drug-likeness (QED) is 0.544. The van der Waals surface area contributed by atoms with E-state index >= 15 is 0 Å². The first kappa shape index (κ1) is 11.4. The summed E-state index contributed by atoms with van der Waals surface area (Å²) in [4.78, 5) is 12.1. The van der Waals surface area contributed by atoms with Crippen LogP contribution in [0.2, 0.25) is 0 Å². The van der Waals surface area contributed by atoms with Crippen LogP contribution in [0.1, 0.15) is 25.7 Å². The first-order valence-electron chi connectivity index (χ1n) is 6.46. The van der Waals surface area contributed by atoms with E-state index in [-0.39, 0.29) is 11.8 Å². The summed E-state index contributed by atoms with van der Waals surface area (Å²) < 4.78 is 11.5. The molecule has 0 unspecified atom stereocenters. The van der Waals surface area contributed by atoms with Crippen LogP contribution in [0.15, 0.2) is 12.2 Å². The Bertz CT molecular complexity index is 338. The molecule has 0 aromatic carbocycles. The van der Waals surface area contributed by atoms with Crippen LogP contribution >= 0.6 is 0 Å². The zero-order valence-electron chi connectivity index (χ0n) is 10.6. The molecule has 0 bridgehead atoms. The van der Waals surface area contributed by atoms with Crippen molar-refractivity contribution < 1.29 is 14.3 Å². The normalized spacial score (nSPS) is 42.9. The van der Waals surface area contributed by atoms with Gasteiger partial charge >= 0.3 is 0 Å². The van der Waals surface area contributed by atoms with Crippen LogP contribution in [0.3, 0.4) is 0 Å². The fraction of sp³-hybridized carbons (Fsp3) is 0.786. The summed E-state index contributed by atoms with van der Waals surface area (Å²) in [6, 6.07) is 0. The van der Waals surface area contributed by atoms with E-state index in [1.165, 1.54) is 5.57 Å². The minimum Gasteiger partial charge on any atom is -0.353 e. The van der Waals surface area contributed by atoms with Crippen LogP contribution in [0, 0.1) is 23.7 Å². The molecule has 94 valence electrons. The van der Waals surface area contributed by atoms with Gasteiger partial charge in [0.05, 0.1) is 0 Å². The number of ketones is 1. The van der Waals surface area contributed by atoms with Gasteiger partial charge in [-0.15, -0.1) is 0 Å². The van der Waals surface area contributed by atoms with E-state index in [1.54, 1.807) is 14.2 Å². The first-order valence-corrected chi connectivity index (χ1v) is 6.46. The molecule has 0 spiro atoms. The van der Waals surface area contributed by atoms with Gasteiger partial charge in [0.1, 0.15) is 5.78 Å². The van der Waals surface area contributed by atoms with Gasteiger partial charge in [-0.05, 0) is 25.2 Å². The Morgan fingerprint density at radius 3 is 2.35 bits per heavy atom. The average molecular weight is 236 g/mol. The highest BCUT2D eigenvalue weighted by Gasteiger charge is 2.66. The zero-order valence-corrected chi connectivity index (χ0v) is 10.6. The van der Waals surface area contributed by atoms with E-state index in [1.807, 2.05) is 0 Å². The van der Waals surface area contributed by atoms with Crippen LogP contribution in [0.4, 0.5) is 0 Å². The molecule has 3 heteroatoms. The Morgan fingerprint density at radius 1 is 1.12 bits per heavy atom. The molecule has 0 amide bonds. The molecule has 0 N–H and O–H groups in total. The van der Waals surface area contributed by atoms with Gasteiger partial charge in [0.2, 0.25) is 0 Å². The number of rotatable bonds is 2. The molecule has 3 fully saturated rings. The highest BCUT2D eigenvalue weighted by molar-refractivity contribution is 5.85. The van der Waals surface area contributed by atoms with Crippen LogP contribution in [0.25, 0.3) is 0 Å². The minimum absolute atomic E-state index is 0.106. The van der Waals surface area contributed by atoms with Gasteiger partial charge in [-0.2, -0.15) is 0 Å². The number of hydrogen-bond donors (Lipinski definition) is 0. The van der Waals surface area contributed by atoms with E-state index in [0.29, 0.717) is 24.0 Å². The molecule has 4 atom stereocenters. The number of hydrogen-bond acceptors (Lipinski definition) is 3. The molecule has 3 rings (SSSR count). The van der Waals surface area contributed by atoms with Crippen molar-refractivity contribution in [1.29, 1.82) is 0 Å². The molecule has 0 radical (unpaired) electrons. The monoisotopic (exact) mass is 236 g/mol. The van der Waals surface area contributed by atoms with Crippen LogP contribution < -0.4 is 0 Å². The summed E-state index contributed by atoms with van der Waals surface area (Å²) >= 11 is 0. The van der Waals surface area contributed by atoms with Crippen molar-refractivity contribution in [3.8, 4) is 0 Å². The molecule has 0 aromatic heterocycles. The van der Waals surface area contributed by atoms with Gasteiger partial charge in [-0.25, -0.2) is 0 Å². The number of ether oxygens (including phenoxy) is 2. The number of allylic oxidation sites excluding steroid dienone is 1. The maximum absolute atomic E-state index is 12.1. The lowest BCUT2D eigenvalue weighted by atomic mass is 9.86. The molecule has 0 aliphatic heterocycles. The Kier molecular flexibility index (Phi) is 2.46. The Balaban J connectivity index is 2.07. The summed E-state index contributed by atoms with van der Waals surface area (Å²) in [6.45, 7) is 4.16. The van der Waals surface area contributed by atoms with Crippen LogP contribution in [0.5, 0.6) is 0 Å². The van der Waals surface area contributed by atoms with E-state index in [4.69, 9.17) is 9.47 Å².